The first-order valence-corrected chi connectivity index (χ1v) is 7.69. The third kappa shape index (κ3) is 2.41. The molecule has 3 nitrogen and oxygen atoms in total. The molecule has 1 aromatic rings. The molecule has 2 fully saturated rings. The quantitative estimate of drug-likeness (QED) is 0.850. The van der Waals surface area contributed by atoms with Gasteiger partial charge in [-0.2, -0.15) is 0 Å². The van der Waals surface area contributed by atoms with Gasteiger partial charge in [-0.3, -0.25) is 4.79 Å². The number of rotatable bonds is 1. The minimum absolute atomic E-state index is 0.0526. The van der Waals surface area contributed by atoms with Gasteiger partial charge in [0.2, 0.25) is 0 Å². The first kappa shape index (κ1) is 13.4. The molecule has 0 aromatic heterocycles. The molecule has 0 radical (unpaired) electrons. The monoisotopic (exact) mass is 343 g/mol. The van der Waals surface area contributed by atoms with Crippen LogP contribution in [0, 0.1) is 0 Å². The Morgan fingerprint density at radius 1 is 1.32 bits per heavy atom. The molecule has 2 aliphatic rings. The van der Waals surface area contributed by atoms with Gasteiger partial charge in [-0.15, -0.1) is 0 Å². The molecule has 2 atom stereocenters. The lowest BCUT2D eigenvalue weighted by Gasteiger charge is -2.37. The highest BCUT2D eigenvalue weighted by Gasteiger charge is 2.42. The number of hydrogen-bond donors (Lipinski definition) is 1. The van der Waals surface area contributed by atoms with Gasteiger partial charge < -0.3 is 10.0 Å². The third-order valence-corrected chi connectivity index (χ3v) is 5.32. The van der Waals surface area contributed by atoms with Gasteiger partial charge in [-0.25, -0.2) is 0 Å². The largest absolute Gasteiger partial charge is 0.393 e. The zero-order valence-electron chi connectivity index (χ0n) is 10.4. The molecule has 2 bridgehead atoms. The van der Waals surface area contributed by atoms with Crippen molar-refractivity contribution in [2.45, 2.75) is 43.9 Å². The minimum Gasteiger partial charge on any atom is -0.393 e. The fraction of sp³-hybridized carbons (Fsp3) is 0.500. The number of fused-ring (bicyclic) bond motifs is 2. The van der Waals surface area contributed by atoms with Crippen LogP contribution in [0.3, 0.4) is 0 Å². The highest BCUT2D eigenvalue weighted by Crippen LogP contribution is 2.37. The van der Waals surface area contributed by atoms with E-state index in [1.54, 1.807) is 18.2 Å². The summed E-state index contributed by atoms with van der Waals surface area (Å²) in [5, 5.41) is 10.4. The van der Waals surface area contributed by atoms with Gasteiger partial charge in [0.1, 0.15) is 0 Å². The van der Waals surface area contributed by atoms with E-state index in [2.05, 4.69) is 15.9 Å². The predicted octanol–water partition coefficient (Wildman–Crippen LogP) is 3.23. The Labute approximate surface area is 125 Å². The van der Waals surface area contributed by atoms with E-state index >= 15 is 0 Å². The molecule has 102 valence electrons. The Morgan fingerprint density at radius 2 is 1.95 bits per heavy atom. The van der Waals surface area contributed by atoms with E-state index in [-0.39, 0.29) is 24.1 Å². The Bertz CT molecular complexity index is 508. The summed E-state index contributed by atoms with van der Waals surface area (Å²) in [7, 11) is 0. The number of aliphatic hydroxyl groups is 1. The van der Waals surface area contributed by atoms with Crippen molar-refractivity contribution in [1.82, 2.24) is 4.90 Å². The van der Waals surface area contributed by atoms with E-state index in [9.17, 15) is 9.90 Å². The van der Waals surface area contributed by atoms with Gasteiger partial charge in [0.25, 0.3) is 5.91 Å². The zero-order chi connectivity index (χ0) is 13.6. The molecule has 1 amide bonds. The van der Waals surface area contributed by atoms with Crippen molar-refractivity contribution in [2.75, 3.05) is 0 Å². The number of carbonyl (C=O) groups excluding carboxylic acids is 1. The first-order valence-electron chi connectivity index (χ1n) is 6.52. The van der Waals surface area contributed by atoms with Crippen molar-refractivity contribution in [3.05, 3.63) is 33.3 Å². The van der Waals surface area contributed by atoms with Gasteiger partial charge >= 0.3 is 0 Å². The van der Waals surface area contributed by atoms with Crippen LogP contribution < -0.4 is 0 Å². The molecule has 0 saturated carbocycles. The van der Waals surface area contributed by atoms with Crippen molar-refractivity contribution >= 4 is 33.4 Å². The van der Waals surface area contributed by atoms with Crippen LogP contribution in [-0.2, 0) is 0 Å². The molecule has 1 aromatic carbocycles. The summed E-state index contributed by atoms with van der Waals surface area (Å²) in [5.74, 6) is 0.0526. The molecule has 19 heavy (non-hydrogen) atoms. The second kappa shape index (κ2) is 5.08. The molecular formula is C14H15BrClNO2. The fourth-order valence-corrected chi connectivity index (χ4v) is 3.75. The zero-order valence-corrected chi connectivity index (χ0v) is 12.7. The van der Waals surface area contributed by atoms with Gasteiger partial charge in [0.05, 0.1) is 11.1 Å². The standard InChI is InChI=1S/C14H15BrClNO2/c15-12-5-8(1-4-13(12)16)14(19)17-9-2-3-10(17)7-11(18)6-9/h1,4-5,9-11,18H,2-3,6-7H2. The number of aliphatic hydroxyl groups excluding tert-OH is 1. The molecule has 0 aliphatic carbocycles. The highest BCUT2D eigenvalue weighted by molar-refractivity contribution is 9.10. The van der Waals surface area contributed by atoms with E-state index < -0.39 is 0 Å². The normalized spacial score (nSPS) is 29.6. The maximum atomic E-state index is 12.6. The second-order valence-corrected chi connectivity index (χ2v) is 6.61. The van der Waals surface area contributed by atoms with Gasteiger partial charge in [-0.05, 0) is 59.8 Å². The van der Waals surface area contributed by atoms with Crippen LogP contribution in [0.25, 0.3) is 0 Å². The lowest BCUT2D eigenvalue weighted by Crippen LogP contribution is -2.48. The van der Waals surface area contributed by atoms with Crippen molar-refractivity contribution in [2.24, 2.45) is 0 Å². The Hall–Kier alpha value is -0.580. The van der Waals surface area contributed by atoms with Crippen LogP contribution in [0.15, 0.2) is 22.7 Å². The van der Waals surface area contributed by atoms with E-state index in [1.807, 2.05) is 4.90 Å². The number of benzene rings is 1. The average Bonchev–Trinajstić information content (AvgIpc) is 2.64. The lowest BCUT2D eigenvalue weighted by atomic mass is 9.99. The fourth-order valence-electron chi connectivity index (χ4n) is 3.26. The summed E-state index contributed by atoms with van der Waals surface area (Å²) < 4.78 is 0.740. The molecule has 5 heteroatoms. The number of hydrogen-bond acceptors (Lipinski definition) is 2. The number of carbonyl (C=O) groups is 1. The number of piperidine rings is 1. The van der Waals surface area contributed by atoms with Crippen molar-refractivity contribution in [3.8, 4) is 0 Å². The third-order valence-electron chi connectivity index (χ3n) is 4.11. The van der Waals surface area contributed by atoms with Crippen LogP contribution in [-0.4, -0.2) is 34.1 Å². The maximum Gasteiger partial charge on any atom is 0.254 e. The van der Waals surface area contributed by atoms with Gasteiger partial charge in [0.15, 0.2) is 0 Å². The predicted molar refractivity (Wildman–Crippen MR) is 77.4 cm³/mol. The second-order valence-electron chi connectivity index (χ2n) is 5.35. The summed E-state index contributed by atoms with van der Waals surface area (Å²) in [6.07, 6.45) is 3.16. The molecular weight excluding hydrogens is 330 g/mol. The molecule has 1 N–H and O–H groups in total. The van der Waals surface area contributed by atoms with Crippen LogP contribution in [0.5, 0.6) is 0 Å². The smallest absolute Gasteiger partial charge is 0.254 e. The Balaban J connectivity index is 1.86. The minimum atomic E-state index is -0.251. The van der Waals surface area contributed by atoms with Gasteiger partial charge in [-0.1, -0.05) is 11.6 Å². The van der Waals surface area contributed by atoms with Crippen LogP contribution in [0.4, 0.5) is 0 Å². The molecule has 2 heterocycles. The van der Waals surface area contributed by atoms with Crippen molar-refractivity contribution in [1.29, 1.82) is 0 Å². The number of amides is 1. The molecule has 0 spiro atoms. The van der Waals surface area contributed by atoms with E-state index in [0.717, 1.165) is 17.3 Å². The van der Waals surface area contributed by atoms with E-state index in [0.29, 0.717) is 23.4 Å². The van der Waals surface area contributed by atoms with Crippen molar-refractivity contribution < 1.29 is 9.90 Å². The van der Waals surface area contributed by atoms with Crippen LogP contribution >= 0.6 is 27.5 Å². The Kier molecular flexibility index (Phi) is 3.58. The first-order chi connectivity index (χ1) is 9.06. The lowest BCUT2D eigenvalue weighted by molar-refractivity contribution is 0.0287. The summed E-state index contributed by atoms with van der Waals surface area (Å²) in [5.41, 5.74) is 0.657. The maximum absolute atomic E-state index is 12.6. The SMILES string of the molecule is O=C(c1ccc(Cl)c(Br)c1)N1C2CCC1CC(O)C2. The van der Waals surface area contributed by atoms with Crippen LogP contribution in [0.1, 0.15) is 36.0 Å². The number of nitrogens with zero attached hydrogens (tertiary/aromatic N) is 1. The molecule has 3 rings (SSSR count). The molecule has 2 aliphatic heterocycles. The highest BCUT2D eigenvalue weighted by atomic mass is 79.9. The van der Waals surface area contributed by atoms with Crippen LogP contribution in [0.2, 0.25) is 5.02 Å². The number of halogens is 2. The summed E-state index contributed by atoms with van der Waals surface area (Å²) in [4.78, 5) is 14.6. The summed E-state index contributed by atoms with van der Waals surface area (Å²) in [6.45, 7) is 0. The van der Waals surface area contributed by atoms with Crippen molar-refractivity contribution in [3.63, 3.8) is 0 Å². The average molecular weight is 345 g/mol. The van der Waals surface area contributed by atoms with E-state index in [4.69, 9.17) is 11.6 Å². The molecule has 2 saturated heterocycles. The summed E-state index contributed by atoms with van der Waals surface area (Å²) in [6, 6.07) is 5.65. The van der Waals surface area contributed by atoms with Gasteiger partial charge in [0, 0.05) is 22.1 Å². The summed E-state index contributed by atoms with van der Waals surface area (Å²) >= 11 is 9.31. The topological polar surface area (TPSA) is 40.5 Å². The Morgan fingerprint density at radius 3 is 2.53 bits per heavy atom. The molecule has 2 unspecified atom stereocenters. The van der Waals surface area contributed by atoms with E-state index in [1.165, 1.54) is 0 Å².